The highest BCUT2D eigenvalue weighted by molar-refractivity contribution is 7.90. The summed E-state index contributed by atoms with van der Waals surface area (Å²) in [6.07, 6.45) is 0. The molecule has 1 aromatic heterocycles. The van der Waals surface area contributed by atoms with E-state index in [9.17, 15) is 21.6 Å². The summed E-state index contributed by atoms with van der Waals surface area (Å²) in [7, 11) is -6.98. The molecule has 1 N–H and O–H groups in total. The molecule has 0 saturated carbocycles. The second-order valence-electron chi connectivity index (χ2n) is 8.58. The molecular weight excluding hydrogens is 488 g/mol. The normalized spacial score (nSPS) is 14.8. The first-order valence-corrected chi connectivity index (χ1v) is 14.5. The van der Waals surface area contributed by atoms with E-state index >= 15 is 0 Å². The zero-order valence-electron chi connectivity index (χ0n) is 20.1. The SMILES string of the molecule is CCN(CC)S(=O)(=O)c1ccc(C(=O)Nc2c3c(nn2-c2ccc(C)cc2C)CS(=O)(=O)C3)cc1. The maximum absolute atomic E-state index is 13.1. The number of nitrogens with zero attached hydrogens (tertiary/aromatic N) is 3. The van der Waals surface area contributed by atoms with Crippen LogP contribution in [-0.2, 0) is 31.4 Å². The fraction of sp³-hybridized carbons (Fsp3) is 0.333. The third-order valence-corrected chi connectivity index (χ3v) is 9.57. The second-order valence-corrected chi connectivity index (χ2v) is 12.6. The monoisotopic (exact) mass is 516 g/mol. The number of carbonyl (C=O) groups is 1. The molecule has 0 fully saturated rings. The Balaban J connectivity index is 1.69. The summed E-state index contributed by atoms with van der Waals surface area (Å²) in [4.78, 5) is 13.2. The van der Waals surface area contributed by atoms with Crippen LogP contribution in [0.2, 0.25) is 0 Å². The minimum absolute atomic E-state index is 0.102. The van der Waals surface area contributed by atoms with Crippen LogP contribution in [-0.4, -0.2) is 49.9 Å². The molecule has 35 heavy (non-hydrogen) atoms. The van der Waals surface area contributed by atoms with Crippen molar-refractivity contribution in [2.75, 3.05) is 18.4 Å². The standard InChI is InChI=1S/C24H28N4O5S2/c1-5-27(6-2)35(32,33)19-10-8-18(9-11-19)24(29)25-23-20-14-34(30,31)15-21(20)26-28(23)22-12-7-16(3)13-17(22)4/h7-13H,5-6,14-15H2,1-4H3,(H,25,29). The highest BCUT2D eigenvalue weighted by Gasteiger charge is 2.33. The summed E-state index contributed by atoms with van der Waals surface area (Å²) in [6, 6.07) is 11.5. The molecule has 0 radical (unpaired) electrons. The number of nitrogens with one attached hydrogen (secondary N) is 1. The molecular formula is C24H28N4O5S2. The van der Waals surface area contributed by atoms with Gasteiger partial charge in [-0.3, -0.25) is 4.79 Å². The Kier molecular flexibility index (Phi) is 6.60. The Hall–Kier alpha value is -3.02. The molecule has 2 aromatic carbocycles. The smallest absolute Gasteiger partial charge is 0.256 e. The molecule has 9 nitrogen and oxygen atoms in total. The largest absolute Gasteiger partial charge is 0.306 e. The molecule has 1 aliphatic heterocycles. The summed E-state index contributed by atoms with van der Waals surface area (Å²) in [5.74, 6) is -0.571. The molecule has 0 bridgehead atoms. The Morgan fingerprint density at radius 1 is 1.06 bits per heavy atom. The zero-order chi connectivity index (χ0) is 25.5. The van der Waals surface area contributed by atoms with Gasteiger partial charge >= 0.3 is 0 Å². The van der Waals surface area contributed by atoms with Gasteiger partial charge in [0.1, 0.15) is 5.82 Å². The lowest BCUT2D eigenvalue weighted by molar-refractivity contribution is 0.102. The summed E-state index contributed by atoms with van der Waals surface area (Å²) >= 11 is 0. The first-order valence-electron chi connectivity index (χ1n) is 11.3. The van der Waals surface area contributed by atoms with Crippen molar-refractivity contribution in [1.82, 2.24) is 14.1 Å². The second kappa shape index (κ2) is 9.21. The van der Waals surface area contributed by atoms with Gasteiger partial charge in [0.15, 0.2) is 9.84 Å². The number of benzene rings is 2. The lowest BCUT2D eigenvalue weighted by atomic mass is 10.1. The number of hydrogen-bond donors (Lipinski definition) is 1. The van der Waals surface area contributed by atoms with Gasteiger partial charge in [-0.2, -0.15) is 9.40 Å². The number of aryl methyl sites for hydroxylation is 2. The number of rotatable bonds is 7. The van der Waals surface area contributed by atoms with Crippen LogP contribution in [0.4, 0.5) is 5.82 Å². The first kappa shape index (κ1) is 25.1. The molecule has 2 heterocycles. The average molecular weight is 517 g/mol. The number of anilines is 1. The van der Waals surface area contributed by atoms with E-state index in [1.54, 1.807) is 18.5 Å². The Morgan fingerprint density at radius 3 is 2.31 bits per heavy atom. The first-order chi connectivity index (χ1) is 16.5. The summed E-state index contributed by atoms with van der Waals surface area (Å²) in [6.45, 7) is 8.11. The highest BCUT2D eigenvalue weighted by atomic mass is 32.2. The maximum atomic E-state index is 13.1. The molecule has 0 saturated heterocycles. The molecule has 186 valence electrons. The van der Waals surface area contributed by atoms with Crippen molar-refractivity contribution in [2.45, 2.75) is 44.1 Å². The summed E-state index contributed by atoms with van der Waals surface area (Å²) in [5, 5.41) is 7.34. The molecule has 0 unspecified atom stereocenters. The maximum Gasteiger partial charge on any atom is 0.256 e. The lowest BCUT2D eigenvalue weighted by Gasteiger charge is -2.18. The van der Waals surface area contributed by atoms with Gasteiger partial charge in [0.2, 0.25) is 10.0 Å². The van der Waals surface area contributed by atoms with Crippen LogP contribution in [0.25, 0.3) is 5.69 Å². The third-order valence-electron chi connectivity index (χ3n) is 6.06. The van der Waals surface area contributed by atoms with E-state index in [2.05, 4.69) is 10.4 Å². The zero-order valence-corrected chi connectivity index (χ0v) is 21.7. The van der Waals surface area contributed by atoms with Gasteiger partial charge < -0.3 is 5.32 Å². The molecule has 1 aliphatic rings. The Bertz CT molecular complexity index is 1500. The number of sulfonamides is 1. The molecule has 0 spiro atoms. The van der Waals surface area contributed by atoms with Gasteiger partial charge in [-0.15, -0.1) is 0 Å². The fourth-order valence-corrected chi connectivity index (χ4v) is 7.21. The molecule has 0 aliphatic carbocycles. The van der Waals surface area contributed by atoms with E-state index in [4.69, 9.17) is 0 Å². The minimum Gasteiger partial charge on any atom is -0.306 e. The van der Waals surface area contributed by atoms with Crippen LogP contribution in [0.5, 0.6) is 0 Å². The molecule has 1 amide bonds. The van der Waals surface area contributed by atoms with Gasteiger partial charge in [0.25, 0.3) is 5.91 Å². The summed E-state index contributed by atoms with van der Waals surface area (Å²) < 4.78 is 52.8. The van der Waals surface area contributed by atoms with Crippen LogP contribution in [0.3, 0.4) is 0 Å². The van der Waals surface area contributed by atoms with Crippen molar-refractivity contribution < 1.29 is 21.6 Å². The van der Waals surface area contributed by atoms with Crippen LogP contribution in [0.1, 0.15) is 46.6 Å². The highest BCUT2D eigenvalue weighted by Crippen LogP contribution is 2.34. The van der Waals surface area contributed by atoms with Crippen molar-refractivity contribution in [3.63, 3.8) is 0 Å². The van der Waals surface area contributed by atoms with Gasteiger partial charge in [-0.25, -0.2) is 21.5 Å². The molecule has 0 atom stereocenters. The van der Waals surface area contributed by atoms with Gasteiger partial charge in [-0.05, 0) is 49.7 Å². The van der Waals surface area contributed by atoms with E-state index in [0.29, 0.717) is 30.2 Å². The number of carbonyl (C=O) groups excluding carboxylic acids is 1. The van der Waals surface area contributed by atoms with E-state index in [1.165, 1.54) is 28.6 Å². The quantitative estimate of drug-likeness (QED) is 0.515. The van der Waals surface area contributed by atoms with E-state index in [0.717, 1.165) is 16.8 Å². The number of amides is 1. The van der Waals surface area contributed by atoms with E-state index < -0.39 is 25.8 Å². The number of sulfone groups is 1. The number of aromatic nitrogens is 2. The van der Waals surface area contributed by atoms with Crippen molar-refractivity contribution in [3.8, 4) is 5.69 Å². The number of fused-ring (bicyclic) bond motifs is 1. The topological polar surface area (TPSA) is 118 Å². The van der Waals surface area contributed by atoms with E-state index in [1.807, 2.05) is 32.0 Å². The Morgan fingerprint density at radius 2 is 1.71 bits per heavy atom. The van der Waals surface area contributed by atoms with Gasteiger partial charge in [-0.1, -0.05) is 31.5 Å². The average Bonchev–Trinajstić information content (AvgIpc) is 3.26. The number of hydrogen-bond acceptors (Lipinski definition) is 6. The van der Waals surface area contributed by atoms with Crippen LogP contribution in [0, 0.1) is 13.8 Å². The predicted octanol–water partition coefficient (Wildman–Crippen LogP) is 3.20. The predicted molar refractivity (Wildman–Crippen MR) is 134 cm³/mol. The van der Waals surface area contributed by atoms with Crippen molar-refractivity contribution in [3.05, 3.63) is 70.4 Å². The van der Waals surface area contributed by atoms with Crippen LogP contribution in [0.15, 0.2) is 47.4 Å². The Labute approximate surface area is 205 Å². The van der Waals surface area contributed by atoms with Crippen molar-refractivity contribution >= 4 is 31.6 Å². The van der Waals surface area contributed by atoms with Gasteiger partial charge in [0, 0.05) is 24.2 Å². The molecule has 11 heteroatoms. The molecule has 3 aromatic rings. The van der Waals surface area contributed by atoms with E-state index in [-0.39, 0.29) is 22.0 Å². The minimum atomic E-state index is -3.64. The van der Waals surface area contributed by atoms with Crippen molar-refractivity contribution in [2.24, 2.45) is 0 Å². The van der Waals surface area contributed by atoms with Crippen molar-refractivity contribution in [1.29, 1.82) is 0 Å². The summed E-state index contributed by atoms with van der Waals surface area (Å²) in [5.41, 5.74) is 3.86. The van der Waals surface area contributed by atoms with Crippen LogP contribution < -0.4 is 5.32 Å². The third kappa shape index (κ3) is 4.75. The lowest BCUT2D eigenvalue weighted by Crippen LogP contribution is -2.30. The van der Waals surface area contributed by atoms with Crippen LogP contribution >= 0.6 is 0 Å². The fourth-order valence-electron chi connectivity index (χ4n) is 4.26. The molecule has 4 rings (SSSR count). The van der Waals surface area contributed by atoms with Gasteiger partial charge in [0.05, 0.1) is 27.8 Å².